The lowest BCUT2D eigenvalue weighted by molar-refractivity contribution is 0.247. The van der Waals surface area contributed by atoms with Crippen LogP contribution in [0.3, 0.4) is 0 Å². The number of halogens is 1. The van der Waals surface area contributed by atoms with Gasteiger partial charge in [-0.25, -0.2) is 0 Å². The first kappa shape index (κ1) is 18.2. The van der Waals surface area contributed by atoms with Crippen LogP contribution in [0, 0.1) is 0 Å². The molecule has 2 heterocycles. The molecule has 140 valence electrons. The number of anilines is 1. The number of ether oxygens (including phenoxy) is 1. The maximum atomic E-state index is 6.00. The maximum Gasteiger partial charge on any atom is 0.119 e. The topological polar surface area (TPSA) is 41.5 Å². The van der Waals surface area contributed by atoms with Gasteiger partial charge in [0.15, 0.2) is 0 Å². The summed E-state index contributed by atoms with van der Waals surface area (Å²) in [5.74, 6) is 0.892. The van der Waals surface area contributed by atoms with Crippen molar-refractivity contribution in [2.45, 2.75) is 6.54 Å². The van der Waals surface area contributed by atoms with Gasteiger partial charge < -0.3 is 9.64 Å². The van der Waals surface area contributed by atoms with Crippen LogP contribution in [0.25, 0.3) is 10.4 Å². The van der Waals surface area contributed by atoms with Gasteiger partial charge in [-0.05, 0) is 53.5 Å². The minimum atomic E-state index is 0.743. The van der Waals surface area contributed by atoms with Crippen molar-refractivity contribution in [1.29, 1.82) is 0 Å². The molecule has 1 fully saturated rings. The van der Waals surface area contributed by atoms with E-state index in [0.29, 0.717) is 0 Å². The van der Waals surface area contributed by atoms with E-state index >= 15 is 0 Å². The van der Waals surface area contributed by atoms with Crippen molar-refractivity contribution >= 4 is 28.8 Å². The van der Waals surface area contributed by atoms with Crippen LogP contribution in [0.1, 0.15) is 5.69 Å². The predicted molar refractivity (Wildman–Crippen MR) is 111 cm³/mol. The van der Waals surface area contributed by atoms with Crippen LogP contribution in [-0.4, -0.2) is 47.8 Å². The summed E-state index contributed by atoms with van der Waals surface area (Å²) in [6, 6.07) is 16.2. The summed E-state index contributed by atoms with van der Waals surface area (Å²) in [4.78, 5) is 5.98. The molecule has 0 saturated carbocycles. The first-order chi connectivity index (χ1) is 13.2. The number of methoxy groups -OCH3 is 1. The Labute approximate surface area is 168 Å². The highest BCUT2D eigenvalue weighted by Gasteiger charge is 2.20. The Hall–Kier alpha value is -2.15. The second-order valence-corrected chi connectivity index (χ2v) is 7.71. The highest BCUT2D eigenvalue weighted by Crippen LogP contribution is 2.28. The third kappa shape index (κ3) is 4.24. The fourth-order valence-corrected chi connectivity index (χ4v) is 4.10. The smallest absolute Gasteiger partial charge is 0.119 e. The monoisotopic (exact) mass is 400 g/mol. The van der Waals surface area contributed by atoms with Gasteiger partial charge in [-0.3, -0.25) is 4.90 Å². The first-order valence-electron chi connectivity index (χ1n) is 8.91. The summed E-state index contributed by atoms with van der Waals surface area (Å²) in [6.45, 7) is 4.83. The number of piperazine rings is 1. The number of nitrogens with zero attached hydrogens (tertiary/aromatic N) is 4. The molecule has 1 aliphatic rings. The summed E-state index contributed by atoms with van der Waals surface area (Å²) in [6.07, 6.45) is 0. The van der Waals surface area contributed by atoms with Gasteiger partial charge in [-0.2, -0.15) is 0 Å². The van der Waals surface area contributed by atoms with Gasteiger partial charge in [0.2, 0.25) is 0 Å². The average molecular weight is 401 g/mol. The Balaban J connectivity index is 1.38. The normalized spacial score (nSPS) is 15.1. The Morgan fingerprint density at radius 2 is 1.70 bits per heavy atom. The largest absolute Gasteiger partial charge is 0.497 e. The molecule has 0 aliphatic carbocycles. The zero-order valence-electron chi connectivity index (χ0n) is 15.1. The summed E-state index contributed by atoms with van der Waals surface area (Å²) in [5, 5.41) is 5.11. The highest BCUT2D eigenvalue weighted by molar-refractivity contribution is 7.09. The van der Waals surface area contributed by atoms with E-state index < -0.39 is 0 Å². The molecule has 3 aromatic rings. The fraction of sp³-hybridized carbons (Fsp3) is 0.300. The second-order valence-electron chi connectivity index (χ2n) is 6.52. The predicted octanol–water partition coefficient (Wildman–Crippen LogP) is 4.19. The quantitative estimate of drug-likeness (QED) is 0.642. The molecule has 27 heavy (non-hydrogen) atoms. The lowest BCUT2D eigenvalue weighted by Gasteiger charge is -2.35. The lowest BCUT2D eigenvalue weighted by atomic mass is 10.1. The Bertz CT molecular complexity index is 874. The van der Waals surface area contributed by atoms with Crippen LogP contribution in [0.5, 0.6) is 5.75 Å². The minimum absolute atomic E-state index is 0.743. The molecule has 0 radical (unpaired) electrons. The van der Waals surface area contributed by atoms with Crippen molar-refractivity contribution in [2.24, 2.45) is 0 Å². The summed E-state index contributed by atoms with van der Waals surface area (Å²) in [5.41, 5.74) is 3.41. The van der Waals surface area contributed by atoms with Crippen molar-refractivity contribution in [3.63, 3.8) is 0 Å². The third-order valence-electron chi connectivity index (χ3n) is 4.85. The molecule has 0 unspecified atom stereocenters. The fourth-order valence-electron chi connectivity index (χ4n) is 3.30. The number of hydrogen-bond donors (Lipinski definition) is 0. The van der Waals surface area contributed by atoms with Crippen LogP contribution in [0.2, 0.25) is 5.02 Å². The van der Waals surface area contributed by atoms with Crippen LogP contribution >= 0.6 is 23.1 Å². The van der Waals surface area contributed by atoms with Gasteiger partial charge in [-0.15, -0.1) is 5.10 Å². The molecule has 5 nitrogen and oxygen atoms in total. The van der Waals surface area contributed by atoms with E-state index in [2.05, 4.69) is 31.5 Å². The highest BCUT2D eigenvalue weighted by atomic mass is 35.5. The van der Waals surface area contributed by atoms with Gasteiger partial charge in [0.25, 0.3) is 0 Å². The third-order valence-corrected chi connectivity index (χ3v) is 5.91. The van der Waals surface area contributed by atoms with Crippen LogP contribution < -0.4 is 9.64 Å². The molecule has 0 spiro atoms. The molecular weight excluding hydrogens is 380 g/mol. The average Bonchev–Trinajstić information content (AvgIpc) is 3.17. The first-order valence-corrected chi connectivity index (χ1v) is 10.1. The number of aromatic nitrogens is 2. The van der Waals surface area contributed by atoms with Gasteiger partial charge in [-0.1, -0.05) is 28.2 Å². The number of rotatable bonds is 5. The zero-order valence-corrected chi connectivity index (χ0v) is 16.7. The van der Waals surface area contributed by atoms with Crippen molar-refractivity contribution < 1.29 is 4.74 Å². The molecule has 0 amide bonds. The van der Waals surface area contributed by atoms with E-state index in [-0.39, 0.29) is 0 Å². The van der Waals surface area contributed by atoms with Crippen LogP contribution in [-0.2, 0) is 6.54 Å². The van der Waals surface area contributed by atoms with Crippen molar-refractivity contribution in [1.82, 2.24) is 14.5 Å². The molecule has 7 heteroatoms. The number of benzene rings is 2. The molecule has 0 bridgehead atoms. The van der Waals surface area contributed by atoms with Crippen molar-refractivity contribution in [3.8, 4) is 16.2 Å². The van der Waals surface area contributed by atoms with Gasteiger partial charge in [0.05, 0.1) is 17.7 Å². The Kier molecular flexibility index (Phi) is 5.57. The summed E-state index contributed by atoms with van der Waals surface area (Å²) in [7, 11) is 1.69. The minimum Gasteiger partial charge on any atom is -0.497 e. The zero-order chi connectivity index (χ0) is 18.6. The molecular formula is C20H21ClN4OS. The Morgan fingerprint density at radius 1 is 1.00 bits per heavy atom. The Morgan fingerprint density at radius 3 is 2.37 bits per heavy atom. The van der Waals surface area contributed by atoms with Crippen molar-refractivity contribution in [2.75, 3.05) is 38.2 Å². The molecule has 1 aromatic heterocycles. The van der Waals surface area contributed by atoms with E-state index in [4.69, 9.17) is 16.3 Å². The summed E-state index contributed by atoms with van der Waals surface area (Å²) >= 11 is 7.45. The van der Waals surface area contributed by atoms with Crippen LogP contribution in [0.4, 0.5) is 5.69 Å². The standard InChI is InChI=1S/C20H21ClN4OS/c1-26-18-8-6-17(7-9-18)25-12-10-24(11-13-25)14-19-20(27-23-22-19)15-2-4-16(21)5-3-15/h2-9H,10-14H2,1H3. The molecule has 1 saturated heterocycles. The van der Waals surface area contributed by atoms with E-state index in [1.54, 1.807) is 7.11 Å². The van der Waals surface area contributed by atoms with Gasteiger partial charge in [0, 0.05) is 43.4 Å². The molecule has 0 N–H and O–H groups in total. The second kappa shape index (κ2) is 8.25. The van der Waals surface area contributed by atoms with Crippen molar-refractivity contribution in [3.05, 3.63) is 59.2 Å². The SMILES string of the molecule is COc1ccc(N2CCN(Cc3nnsc3-c3ccc(Cl)cc3)CC2)cc1. The molecule has 1 aliphatic heterocycles. The van der Waals surface area contributed by atoms with E-state index in [9.17, 15) is 0 Å². The lowest BCUT2D eigenvalue weighted by Crippen LogP contribution is -2.46. The van der Waals surface area contributed by atoms with Gasteiger partial charge >= 0.3 is 0 Å². The molecule has 4 rings (SSSR count). The van der Waals surface area contributed by atoms with E-state index in [1.807, 2.05) is 36.4 Å². The van der Waals surface area contributed by atoms with Gasteiger partial charge in [0.1, 0.15) is 5.75 Å². The van der Waals surface area contributed by atoms with Crippen LogP contribution in [0.15, 0.2) is 48.5 Å². The maximum absolute atomic E-state index is 6.00. The molecule has 2 aromatic carbocycles. The summed E-state index contributed by atoms with van der Waals surface area (Å²) < 4.78 is 9.42. The van der Waals surface area contributed by atoms with E-state index in [1.165, 1.54) is 17.2 Å². The molecule has 0 atom stereocenters. The van der Waals surface area contributed by atoms with E-state index in [0.717, 1.165) is 59.6 Å². The number of hydrogen-bond acceptors (Lipinski definition) is 6.